The molecular formula is C24H18ClN3O3S. The molecule has 0 aliphatic carbocycles. The second-order valence-corrected chi connectivity index (χ2v) is 8.65. The SMILES string of the molecule is Cc1ccc(Cl)c2sc(N(Cc3cccnc3)C(=O)/C=C/c3ccc4c(c3)OCO4)nc12. The number of carbonyl (C=O) groups excluding carboxylic acids is 1. The fourth-order valence-corrected chi connectivity index (χ4v) is 4.72. The molecule has 1 amide bonds. The van der Waals surface area contributed by atoms with Gasteiger partial charge in [-0.2, -0.15) is 0 Å². The Morgan fingerprint density at radius 3 is 2.91 bits per heavy atom. The molecule has 0 bridgehead atoms. The summed E-state index contributed by atoms with van der Waals surface area (Å²) in [6.07, 6.45) is 6.74. The lowest BCUT2D eigenvalue weighted by Gasteiger charge is -2.18. The Hall–Kier alpha value is -3.42. The molecule has 0 saturated carbocycles. The molecule has 32 heavy (non-hydrogen) atoms. The summed E-state index contributed by atoms with van der Waals surface area (Å²) < 4.78 is 11.6. The highest BCUT2D eigenvalue weighted by atomic mass is 35.5. The van der Waals surface area contributed by atoms with E-state index in [9.17, 15) is 4.79 Å². The molecule has 0 atom stereocenters. The maximum atomic E-state index is 13.3. The quantitative estimate of drug-likeness (QED) is 0.359. The second-order valence-electron chi connectivity index (χ2n) is 7.27. The van der Waals surface area contributed by atoms with E-state index in [0.717, 1.165) is 26.9 Å². The number of aryl methyl sites for hydroxylation is 1. The average Bonchev–Trinajstić information content (AvgIpc) is 3.46. The lowest BCUT2D eigenvalue weighted by Crippen LogP contribution is -2.28. The van der Waals surface area contributed by atoms with Crippen LogP contribution < -0.4 is 14.4 Å². The summed E-state index contributed by atoms with van der Waals surface area (Å²) in [6.45, 7) is 2.53. The summed E-state index contributed by atoms with van der Waals surface area (Å²) in [4.78, 5) is 23.8. The summed E-state index contributed by atoms with van der Waals surface area (Å²) in [7, 11) is 0. The summed E-state index contributed by atoms with van der Waals surface area (Å²) in [5, 5.41) is 1.21. The summed E-state index contributed by atoms with van der Waals surface area (Å²) >= 11 is 7.80. The van der Waals surface area contributed by atoms with E-state index in [2.05, 4.69) is 4.98 Å². The third-order valence-electron chi connectivity index (χ3n) is 5.06. The summed E-state index contributed by atoms with van der Waals surface area (Å²) in [5.41, 5.74) is 3.56. The third kappa shape index (κ3) is 4.04. The maximum Gasteiger partial charge on any atom is 0.253 e. The van der Waals surface area contributed by atoms with Gasteiger partial charge < -0.3 is 9.47 Å². The van der Waals surface area contributed by atoms with Crippen molar-refractivity contribution in [3.63, 3.8) is 0 Å². The average molecular weight is 464 g/mol. The smallest absolute Gasteiger partial charge is 0.253 e. The van der Waals surface area contributed by atoms with Gasteiger partial charge in [-0.15, -0.1) is 0 Å². The second kappa shape index (κ2) is 8.61. The number of aromatic nitrogens is 2. The van der Waals surface area contributed by atoms with Gasteiger partial charge in [0.2, 0.25) is 6.79 Å². The number of rotatable bonds is 5. The Kier molecular flexibility index (Phi) is 5.51. The number of amides is 1. The van der Waals surface area contributed by atoms with Crippen LogP contribution >= 0.6 is 22.9 Å². The number of pyridine rings is 1. The van der Waals surface area contributed by atoms with E-state index in [-0.39, 0.29) is 12.7 Å². The van der Waals surface area contributed by atoms with Crippen LogP contribution in [0.25, 0.3) is 16.3 Å². The van der Waals surface area contributed by atoms with Crippen molar-refractivity contribution < 1.29 is 14.3 Å². The van der Waals surface area contributed by atoms with Crippen LogP contribution in [0, 0.1) is 6.92 Å². The first kappa shape index (κ1) is 20.5. The van der Waals surface area contributed by atoms with Crippen molar-refractivity contribution >= 4 is 50.3 Å². The van der Waals surface area contributed by atoms with E-state index in [1.54, 1.807) is 23.4 Å². The first-order valence-corrected chi connectivity index (χ1v) is 11.1. The molecule has 0 fully saturated rings. The fourth-order valence-electron chi connectivity index (χ4n) is 3.39. The van der Waals surface area contributed by atoms with Crippen LogP contribution in [0.15, 0.2) is 60.9 Å². The minimum Gasteiger partial charge on any atom is -0.454 e. The van der Waals surface area contributed by atoms with Crippen molar-refractivity contribution in [1.29, 1.82) is 0 Å². The van der Waals surface area contributed by atoms with E-state index < -0.39 is 0 Å². The molecule has 0 N–H and O–H groups in total. The van der Waals surface area contributed by atoms with Crippen molar-refractivity contribution in [2.24, 2.45) is 0 Å². The number of benzene rings is 2. The molecule has 1 aliphatic rings. The van der Waals surface area contributed by atoms with Gasteiger partial charge in [0.1, 0.15) is 0 Å². The normalized spacial score (nSPS) is 12.6. The van der Waals surface area contributed by atoms with Crippen molar-refractivity contribution in [3.05, 3.63) is 82.6 Å². The van der Waals surface area contributed by atoms with Gasteiger partial charge in [0.15, 0.2) is 16.6 Å². The predicted molar refractivity (Wildman–Crippen MR) is 126 cm³/mol. The highest BCUT2D eigenvalue weighted by molar-refractivity contribution is 7.23. The number of fused-ring (bicyclic) bond motifs is 2. The number of anilines is 1. The molecule has 160 valence electrons. The van der Waals surface area contributed by atoms with E-state index >= 15 is 0 Å². The van der Waals surface area contributed by atoms with Gasteiger partial charge in [0, 0.05) is 18.5 Å². The molecule has 2 aromatic carbocycles. The summed E-state index contributed by atoms with van der Waals surface area (Å²) in [5.74, 6) is 1.18. The van der Waals surface area contributed by atoms with E-state index in [1.807, 2.05) is 49.4 Å². The molecule has 2 aromatic heterocycles. The highest BCUT2D eigenvalue weighted by Crippen LogP contribution is 2.36. The Morgan fingerprint density at radius 1 is 1.22 bits per heavy atom. The van der Waals surface area contributed by atoms with Crippen LogP contribution in [0.5, 0.6) is 11.5 Å². The Balaban J connectivity index is 1.49. The van der Waals surface area contributed by atoms with Crippen molar-refractivity contribution in [1.82, 2.24) is 9.97 Å². The van der Waals surface area contributed by atoms with Gasteiger partial charge in [-0.3, -0.25) is 14.7 Å². The molecule has 6 nitrogen and oxygen atoms in total. The molecule has 8 heteroatoms. The Labute approximate surface area is 193 Å². The molecule has 1 aliphatic heterocycles. The monoisotopic (exact) mass is 463 g/mol. The number of ether oxygens (including phenoxy) is 2. The molecule has 0 saturated heterocycles. The van der Waals surface area contributed by atoms with Crippen LogP contribution in [-0.4, -0.2) is 22.7 Å². The lowest BCUT2D eigenvalue weighted by atomic mass is 10.2. The van der Waals surface area contributed by atoms with Gasteiger partial charge in [0.05, 0.1) is 21.8 Å². The lowest BCUT2D eigenvalue weighted by molar-refractivity contribution is -0.114. The zero-order chi connectivity index (χ0) is 22.1. The first-order chi connectivity index (χ1) is 15.6. The summed E-state index contributed by atoms with van der Waals surface area (Å²) in [6, 6.07) is 13.1. The van der Waals surface area contributed by atoms with Crippen LogP contribution in [0.2, 0.25) is 5.02 Å². The van der Waals surface area contributed by atoms with E-state index in [1.165, 1.54) is 17.4 Å². The minimum atomic E-state index is -0.195. The van der Waals surface area contributed by atoms with Crippen LogP contribution in [0.1, 0.15) is 16.7 Å². The highest BCUT2D eigenvalue weighted by Gasteiger charge is 2.20. The van der Waals surface area contributed by atoms with E-state index in [4.69, 9.17) is 26.1 Å². The topological polar surface area (TPSA) is 64.6 Å². The zero-order valence-corrected chi connectivity index (χ0v) is 18.7. The molecule has 0 spiro atoms. The van der Waals surface area contributed by atoms with Gasteiger partial charge in [0.25, 0.3) is 5.91 Å². The van der Waals surface area contributed by atoms with Gasteiger partial charge >= 0.3 is 0 Å². The first-order valence-electron chi connectivity index (χ1n) is 9.92. The third-order valence-corrected chi connectivity index (χ3v) is 6.60. The molecular weight excluding hydrogens is 446 g/mol. The Bertz CT molecular complexity index is 1300. The van der Waals surface area contributed by atoms with E-state index in [0.29, 0.717) is 28.2 Å². The number of halogens is 1. The minimum absolute atomic E-state index is 0.195. The number of nitrogens with zero attached hydrogens (tertiary/aromatic N) is 3. The number of hydrogen-bond donors (Lipinski definition) is 0. The molecule has 0 unspecified atom stereocenters. The van der Waals surface area contributed by atoms with Gasteiger partial charge in [-0.25, -0.2) is 4.98 Å². The largest absolute Gasteiger partial charge is 0.454 e. The molecule has 5 rings (SSSR count). The maximum absolute atomic E-state index is 13.3. The van der Waals surface area contributed by atoms with Crippen LogP contribution in [-0.2, 0) is 11.3 Å². The van der Waals surface area contributed by atoms with Crippen molar-refractivity contribution in [2.75, 3.05) is 11.7 Å². The predicted octanol–water partition coefficient (Wildman–Crippen LogP) is 5.63. The fraction of sp³-hybridized carbons (Fsp3) is 0.125. The van der Waals surface area contributed by atoms with Gasteiger partial charge in [-0.1, -0.05) is 41.1 Å². The van der Waals surface area contributed by atoms with Crippen LogP contribution in [0.4, 0.5) is 5.13 Å². The Morgan fingerprint density at radius 2 is 2.09 bits per heavy atom. The van der Waals surface area contributed by atoms with Gasteiger partial charge in [-0.05, 0) is 54.0 Å². The van der Waals surface area contributed by atoms with Crippen molar-refractivity contribution in [3.8, 4) is 11.5 Å². The molecule has 4 aromatic rings. The number of thiazole rings is 1. The van der Waals surface area contributed by atoms with Crippen molar-refractivity contribution in [2.45, 2.75) is 13.5 Å². The molecule has 3 heterocycles. The zero-order valence-electron chi connectivity index (χ0n) is 17.1. The van der Waals surface area contributed by atoms with Crippen LogP contribution in [0.3, 0.4) is 0 Å². The molecule has 0 radical (unpaired) electrons. The number of hydrogen-bond acceptors (Lipinski definition) is 6. The standard InChI is InChI=1S/C24H18ClN3O3S/c1-15-4-7-18(25)23-22(15)27-24(32-23)28(13-17-3-2-10-26-12-17)21(29)9-6-16-5-8-19-20(11-16)31-14-30-19/h2-12H,13-14H2,1H3/b9-6+. The number of carbonyl (C=O) groups is 1.